The summed E-state index contributed by atoms with van der Waals surface area (Å²) in [6.45, 7) is 0. The number of benzene rings is 2. The molecule has 0 radical (unpaired) electrons. The average molecular weight is 363 g/mol. The molecule has 0 aliphatic heterocycles. The summed E-state index contributed by atoms with van der Waals surface area (Å²) in [6.07, 6.45) is 1.17. The average Bonchev–Trinajstić information content (AvgIpc) is 2.54. The third-order valence-electron chi connectivity index (χ3n) is 2.95. The Labute approximate surface area is 148 Å². The van der Waals surface area contributed by atoms with Gasteiger partial charge in [0.2, 0.25) is 0 Å². The smallest absolute Gasteiger partial charge is 0.267 e. The van der Waals surface area contributed by atoms with Crippen molar-refractivity contribution in [1.29, 1.82) is 5.26 Å². The van der Waals surface area contributed by atoms with Crippen LogP contribution < -0.4 is 16.4 Å². The number of nitrogens with zero attached hydrogens (tertiary/aromatic N) is 1. The van der Waals surface area contributed by atoms with Crippen LogP contribution in [0.2, 0.25) is 10.0 Å². The molecule has 0 spiro atoms. The molecule has 0 saturated heterocycles. The Morgan fingerprint density at radius 1 is 1.25 bits per heavy atom. The molecule has 2 rings (SSSR count). The molecule has 6 nitrogen and oxygen atoms in total. The molecule has 122 valence electrons. The third-order valence-corrected chi connectivity index (χ3v) is 3.52. The number of nitrogen functional groups attached to an aromatic ring is 1. The van der Waals surface area contributed by atoms with E-state index in [1.54, 1.807) is 12.1 Å². The number of halogens is 2. The highest BCUT2D eigenvalue weighted by molar-refractivity contribution is 6.33. The van der Waals surface area contributed by atoms with E-state index < -0.39 is 5.91 Å². The lowest BCUT2D eigenvalue weighted by Gasteiger charge is -2.07. The van der Waals surface area contributed by atoms with E-state index in [4.69, 9.17) is 34.2 Å². The highest BCUT2D eigenvalue weighted by atomic mass is 35.5. The SMILES string of the molecule is N#C/C(=C/Nc1cc(Cl)ccc1O)C(=O)Nc1ccc(N)c(Cl)c1. The number of carbonyl (C=O) groups is 1. The van der Waals surface area contributed by atoms with Gasteiger partial charge in [-0.1, -0.05) is 23.2 Å². The van der Waals surface area contributed by atoms with Gasteiger partial charge in [-0.2, -0.15) is 5.26 Å². The van der Waals surface area contributed by atoms with E-state index in [9.17, 15) is 9.90 Å². The molecule has 1 amide bonds. The van der Waals surface area contributed by atoms with E-state index in [1.807, 2.05) is 0 Å². The summed E-state index contributed by atoms with van der Waals surface area (Å²) in [5.74, 6) is -0.717. The topological polar surface area (TPSA) is 111 Å². The predicted octanol–water partition coefficient (Wildman–Crippen LogP) is 3.74. The van der Waals surface area contributed by atoms with Crippen LogP contribution in [0.25, 0.3) is 0 Å². The van der Waals surface area contributed by atoms with Crippen molar-refractivity contribution >= 4 is 46.2 Å². The molecule has 5 N–H and O–H groups in total. The number of phenolic OH excluding ortho intramolecular Hbond substituents is 1. The first kappa shape index (κ1) is 17.5. The van der Waals surface area contributed by atoms with Crippen LogP contribution in [0.3, 0.4) is 0 Å². The summed E-state index contributed by atoms with van der Waals surface area (Å²) in [7, 11) is 0. The van der Waals surface area contributed by atoms with Crippen molar-refractivity contribution in [2.24, 2.45) is 0 Å². The fourth-order valence-corrected chi connectivity index (χ4v) is 2.08. The Hall–Kier alpha value is -2.88. The van der Waals surface area contributed by atoms with Crippen LogP contribution in [-0.2, 0) is 4.79 Å². The lowest BCUT2D eigenvalue weighted by atomic mass is 10.2. The number of nitrogens with two attached hydrogens (primary N) is 1. The van der Waals surface area contributed by atoms with Crippen molar-refractivity contribution in [3.8, 4) is 11.8 Å². The maximum atomic E-state index is 12.1. The summed E-state index contributed by atoms with van der Waals surface area (Å²) in [4.78, 5) is 12.1. The molecule has 24 heavy (non-hydrogen) atoms. The van der Waals surface area contributed by atoms with Crippen molar-refractivity contribution in [3.63, 3.8) is 0 Å². The van der Waals surface area contributed by atoms with Crippen LogP contribution in [0.15, 0.2) is 48.2 Å². The molecule has 2 aromatic rings. The van der Waals surface area contributed by atoms with Crippen molar-refractivity contribution < 1.29 is 9.90 Å². The van der Waals surface area contributed by atoms with E-state index in [1.165, 1.54) is 36.5 Å². The third kappa shape index (κ3) is 4.32. The minimum Gasteiger partial charge on any atom is -0.506 e. The molecule has 0 atom stereocenters. The number of amides is 1. The lowest BCUT2D eigenvalue weighted by molar-refractivity contribution is -0.112. The van der Waals surface area contributed by atoms with Crippen molar-refractivity contribution in [1.82, 2.24) is 0 Å². The number of nitriles is 1. The lowest BCUT2D eigenvalue weighted by Crippen LogP contribution is -2.14. The summed E-state index contributed by atoms with van der Waals surface area (Å²) >= 11 is 11.7. The molecule has 0 aliphatic carbocycles. The van der Waals surface area contributed by atoms with Gasteiger partial charge < -0.3 is 21.5 Å². The highest BCUT2D eigenvalue weighted by Crippen LogP contribution is 2.27. The van der Waals surface area contributed by atoms with Crippen LogP contribution >= 0.6 is 23.2 Å². The normalized spacial score (nSPS) is 10.8. The van der Waals surface area contributed by atoms with E-state index in [-0.39, 0.29) is 22.0 Å². The van der Waals surface area contributed by atoms with Gasteiger partial charge in [-0.15, -0.1) is 0 Å². The van der Waals surface area contributed by atoms with Gasteiger partial charge in [-0.05, 0) is 36.4 Å². The minimum absolute atomic E-state index is 0.0707. The molecular formula is C16H12Cl2N4O2. The fraction of sp³-hybridized carbons (Fsp3) is 0. The first-order valence-corrected chi connectivity index (χ1v) is 7.38. The Kier molecular flexibility index (Phi) is 5.53. The van der Waals surface area contributed by atoms with Crippen LogP contribution in [0.5, 0.6) is 5.75 Å². The standard InChI is InChI=1S/C16H12Cl2N4O2/c17-10-1-4-15(23)14(5-10)21-8-9(7-19)16(24)22-11-2-3-13(20)12(18)6-11/h1-6,8,21,23H,20H2,(H,22,24)/b9-8-. The van der Waals surface area contributed by atoms with Crippen LogP contribution in [0.4, 0.5) is 17.1 Å². The first-order chi connectivity index (χ1) is 11.4. The number of hydrogen-bond donors (Lipinski definition) is 4. The molecule has 0 saturated carbocycles. The quantitative estimate of drug-likeness (QED) is 0.286. The molecular weight excluding hydrogens is 351 g/mol. The van der Waals surface area contributed by atoms with Gasteiger partial charge >= 0.3 is 0 Å². The Bertz CT molecular complexity index is 860. The second kappa shape index (κ2) is 7.59. The van der Waals surface area contributed by atoms with Gasteiger partial charge in [-0.3, -0.25) is 4.79 Å². The zero-order valence-corrected chi connectivity index (χ0v) is 13.7. The summed E-state index contributed by atoms with van der Waals surface area (Å²) < 4.78 is 0. The number of carbonyl (C=O) groups excluding carboxylic acids is 1. The number of nitrogens with one attached hydrogen (secondary N) is 2. The van der Waals surface area contributed by atoms with Gasteiger partial charge in [-0.25, -0.2) is 0 Å². The first-order valence-electron chi connectivity index (χ1n) is 6.62. The molecule has 0 aliphatic rings. The van der Waals surface area contributed by atoms with Gasteiger partial charge in [0.15, 0.2) is 0 Å². The second-order valence-corrected chi connectivity index (χ2v) is 5.51. The van der Waals surface area contributed by atoms with Crippen LogP contribution in [0.1, 0.15) is 0 Å². The maximum Gasteiger partial charge on any atom is 0.267 e. The summed E-state index contributed by atoms with van der Waals surface area (Å²) in [5, 5.41) is 24.7. The van der Waals surface area contributed by atoms with Crippen LogP contribution in [0, 0.1) is 11.3 Å². The Morgan fingerprint density at radius 3 is 2.67 bits per heavy atom. The maximum absolute atomic E-state index is 12.1. The molecule has 0 heterocycles. The molecule has 0 bridgehead atoms. The van der Waals surface area contributed by atoms with Gasteiger partial charge in [0.1, 0.15) is 17.4 Å². The minimum atomic E-state index is -0.646. The number of rotatable bonds is 4. The van der Waals surface area contributed by atoms with Gasteiger partial charge in [0.05, 0.1) is 16.4 Å². The van der Waals surface area contributed by atoms with E-state index in [2.05, 4.69) is 10.6 Å². The van der Waals surface area contributed by atoms with Crippen molar-refractivity contribution in [2.45, 2.75) is 0 Å². The van der Waals surface area contributed by atoms with Crippen molar-refractivity contribution in [3.05, 3.63) is 58.2 Å². The Morgan fingerprint density at radius 2 is 2.00 bits per heavy atom. The number of hydrogen-bond acceptors (Lipinski definition) is 5. The van der Waals surface area contributed by atoms with Gasteiger partial charge in [0.25, 0.3) is 5.91 Å². The fourth-order valence-electron chi connectivity index (χ4n) is 1.73. The zero-order chi connectivity index (χ0) is 17.7. The van der Waals surface area contributed by atoms with Crippen molar-refractivity contribution in [2.75, 3.05) is 16.4 Å². The molecule has 2 aromatic carbocycles. The second-order valence-electron chi connectivity index (χ2n) is 4.67. The predicted molar refractivity (Wildman–Crippen MR) is 94.9 cm³/mol. The van der Waals surface area contributed by atoms with E-state index in [0.717, 1.165) is 0 Å². The molecule has 0 unspecified atom stereocenters. The molecule has 8 heteroatoms. The largest absolute Gasteiger partial charge is 0.506 e. The highest BCUT2D eigenvalue weighted by Gasteiger charge is 2.11. The number of phenols is 1. The van der Waals surface area contributed by atoms with E-state index >= 15 is 0 Å². The summed E-state index contributed by atoms with van der Waals surface area (Å²) in [5.41, 5.74) is 6.42. The summed E-state index contributed by atoms with van der Waals surface area (Å²) in [6, 6.07) is 10.7. The zero-order valence-electron chi connectivity index (χ0n) is 12.2. The Balaban J connectivity index is 2.15. The van der Waals surface area contributed by atoms with Gasteiger partial charge in [0, 0.05) is 16.9 Å². The number of aromatic hydroxyl groups is 1. The van der Waals surface area contributed by atoms with E-state index in [0.29, 0.717) is 16.4 Å². The number of anilines is 3. The molecule has 0 fully saturated rings. The van der Waals surface area contributed by atoms with Crippen LogP contribution in [-0.4, -0.2) is 11.0 Å². The monoisotopic (exact) mass is 362 g/mol. The molecule has 0 aromatic heterocycles.